The molecular weight excluding hydrogens is 288 g/mol. The Morgan fingerprint density at radius 1 is 1.29 bits per heavy atom. The van der Waals surface area contributed by atoms with Crippen LogP contribution in [0.15, 0.2) is 23.1 Å². The van der Waals surface area contributed by atoms with E-state index < -0.39 is 21.0 Å². The van der Waals surface area contributed by atoms with Gasteiger partial charge in [0.15, 0.2) is 9.84 Å². The minimum atomic E-state index is -3.73. The van der Waals surface area contributed by atoms with Gasteiger partial charge in [-0.1, -0.05) is 19.9 Å². The van der Waals surface area contributed by atoms with Crippen LogP contribution in [0.4, 0.5) is 5.69 Å². The quantitative estimate of drug-likeness (QED) is 0.785. The van der Waals surface area contributed by atoms with Gasteiger partial charge in [-0.3, -0.25) is 4.79 Å². The zero-order valence-electron chi connectivity index (χ0n) is 13.0. The SMILES string of the molecule is Cc1ccc(N)cc1S(=O)(=O)C(C)C(=O)NCCC(C)C. The average molecular weight is 312 g/mol. The zero-order valence-corrected chi connectivity index (χ0v) is 13.8. The van der Waals surface area contributed by atoms with Crippen LogP contribution < -0.4 is 11.1 Å². The van der Waals surface area contributed by atoms with Crippen LogP contribution in [-0.2, 0) is 14.6 Å². The summed E-state index contributed by atoms with van der Waals surface area (Å²) in [6, 6.07) is 4.69. The molecule has 1 atom stereocenters. The smallest absolute Gasteiger partial charge is 0.238 e. The van der Waals surface area contributed by atoms with Crippen LogP contribution in [0.3, 0.4) is 0 Å². The van der Waals surface area contributed by atoms with Crippen molar-refractivity contribution in [2.45, 2.75) is 44.3 Å². The van der Waals surface area contributed by atoms with E-state index in [1.807, 2.05) is 13.8 Å². The first-order chi connectivity index (χ1) is 9.66. The fourth-order valence-corrected chi connectivity index (χ4v) is 3.45. The van der Waals surface area contributed by atoms with Crippen LogP contribution in [-0.4, -0.2) is 26.1 Å². The number of hydrogen-bond acceptors (Lipinski definition) is 4. The Morgan fingerprint density at radius 3 is 2.48 bits per heavy atom. The average Bonchev–Trinajstić information content (AvgIpc) is 2.39. The number of carbonyl (C=O) groups is 1. The highest BCUT2D eigenvalue weighted by atomic mass is 32.2. The second-order valence-electron chi connectivity index (χ2n) is 5.69. The molecule has 0 aliphatic rings. The summed E-state index contributed by atoms with van der Waals surface area (Å²) in [5.41, 5.74) is 6.61. The molecule has 0 saturated heterocycles. The van der Waals surface area contributed by atoms with Crippen LogP contribution in [0.25, 0.3) is 0 Å². The van der Waals surface area contributed by atoms with E-state index in [4.69, 9.17) is 5.73 Å². The maximum atomic E-state index is 12.5. The predicted octanol–water partition coefficient (Wildman–Crippen LogP) is 1.90. The van der Waals surface area contributed by atoms with Crippen LogP contribution in [0.2, 0.25) is 0 Å². The topological polar surface area (TPSA) is 89.3 Å². The first-order valence-corrected chi connectivity index (χ1v) is 8.58. The van der Waals surface area contributed by atoms with Crippen LogP contribution >= 0.6 is 0 Å². The summed E-state index contributed by atoms with van der Waals surface area (Å²) in [4.78, 5) is 12.1. The molecule has 1 amide bonds. The number of nitrogens with two attached hydrogens (primary N) is 1. The largest absolute Gasteiger partial charge is 0.399 e. The van der Waals surface area contributed by atoms with E-state index in [-0.39, 0.29) is 4.90 Å². The van der Waals surface area contributed by atoms with Gasteiger partial charge >= 0.3 is 0 Å². The number of nitrogens with one attached hydrogen (secondary N) is 1. The molecule has 0 spiro atoms. The number of carbonyl (C=O) groups excluding carboxylic acids is 1. The van der Waals surface area contributed by atoms with Gasteiger partial charge in [-0.05, 0) is 43.9 Å². The van der Waals surface area contributed by atoms with E-state index in [0.29, 0.717) is 23.7 Å². The van der Waals surface area contributed by atoms with Crippen LogP contribution in [0.1, 0.15) is 32.8 Å². The molecule has 6 heteroatoms. The number of hydrogen-bond donors (Lipinski definition) is 2. The van der Waals surface area contributed by atoms with Gasteiger partial charge in [0.2, 0.25) is 5.91 Å². The van der Waals surface area contributed by atoms with Crippen molar-refractivity contribution in [3.05, 3.63) is 23.8 Å². The molecule has 0 saturated carbocycles. The number of nitrogen functional groups attached to an aromatic ring is 1. The van der Waals surface area contributed by atoms with E-state index in [1.54, 1.807) is 19.1 Å². The lowest BCUT2D eigenvalue weighted by Crippen LogP contribution is -2.38. The van der Waals surface area contributed by atoms with Crippen molar-refractivity contribution in [1.82, 2.24) is 5.32 Å². The fraction of sp³-hybridized carbons (Fsp3) is 0.533. The summed E-state index contributed by atoms with van der Waals surface area (Å²) in [5.74, 6) is -0.0224. The van der Waals surface area contributed by atoms with E-state index in [1.165, 1.54) is 13.0 Å². The molecule has 0 aliphatic heterocycles. The van der Waals surface area contributed by atoms with E-state index in [0.717, 1.165) is 6.42 Å². The second-order valence-corrected chi connectivity index (χ2v) is 7.92. The number of anilines is 1. The third-order valence-corrected chi connectivity index (χ3v) is 5.57. The van der Waals surface area contributed by atoms with E-state index >= 15 is 0 Å². The molecule has 0 radical (unpaired) electrons. The fourth-order valence-electron chi connectivity index (χ4n) is 1.88. The molecule has 118 valence electrons. The molecule has 3 N–H and O–H groups in total. The summed E-state index contributed by atoms with van der Waals surface area (Å²) in [6.07, 6.45) is 0.815. The maximum absolute atomic E-state index is 12.5. The molecule has 21 heavy (non-hydrogen) atoms. The molecule has 1 aromatic rings. The molecule has 0 fully saturated rings. The Balaban J connectivity index is 2.91. The Hall–Kier alpha value is -1.56. The van der Waals surface area contributed by atoms with E-state index in [2.05, 4.69) is 5.32 Å². The minimum Gasteiger partial charge on any atom is -0.399 e. The summed E-state index contributed by atoms with van der Waals surface area (Å²) in [5, 5.41) is 1.54. The van der Waals surface area contributed by atoms with Gasteiger partial charge in [-0.2, -0.15) is 0 Å². The number of sulfone groups is 1. The third-order valence-electron chi connectivity index (χ3n) is 3.37. The Kier molecular flexibility index (Phi) is 5.78. The normalized spacial score (nSPS) is 13.2. The molecule has 1 rings (SSSR count). The summed E-state index contributed by atoms with van der Waals surface area (Å²) < 4.78 is 25.1. The third kappa shape index (κ3) is 4.46. The van der Waals surface area contributed by atoms with Crippen molar-refractivity contribution in [2.24, 2.45) is 5.92 Å². The Bertz CT molecular complexity index is 609. The summed E-state index contributed by atoms with van der Waals surface area (Å²) >= 11 is 0. The first kappa shape index (κ1) is 17.5. The van der Waals surface area contributed by atoms with Gasteiger partial charge in [-0.25, -0.2) is 8.42 Å². The molecule has 1 unspecified atom stereocenters. The highest BCUT2D eigenvalue weighted by Gasteiger charge is 2.30. The van der Waals surface area contributed by atoms with Crippen molar-refractivity contribution < 1.29 is 13.2 Å². The summed E-state index contributed by atoms with van der Waals surface area (Å²) in [6.45, 7) is 7.66. The number of benzene rings is 1. The predicted molar refractivity (Wildman–Crippen MR) is 84.7 cm³/mol. The molecule has 0 heterocycles. The van der Waals surface area contributed by atoms with Crippen molar-refractivity contribution in [3.8, 4) is 0 Å². The first-order valence-electron chi connectivity index (χ1n) is 7.04. The Labute approximate surface area is 126 Å². The monoisotopic (exact) mass is 312 g/mol. The highest BCUT2D eigenvalue weighted by molar-refractivity contribution is 7.92. The van der Waals surface area contributed by atoms with Crippen molar-refractivity contribution in [3.63, 3.8) is 0 Å². The van der Waals surface area contributed by atoms with E-state index in [9.17, 15) is 13.2 Å². The molecule has 5 nitrogen and oxygen atoms in total. The highest BCUT2D eigenvalue weighted by Crippen LogP contribution is 2.22. The van der Waals surface area contributed by atoms with Gasteiger partial charge in [-0.15, -0.1) is 0 Å². The van der Waals surface area contributed by atoms with Crippen LogP contribution in [0, 0.1) is 12.8 Å². The molecule has 0 aliphatic carbocycles. The standard InChI is InChI=1S/C15H24N2O3S/c1-10(2)7-8-17-15(18)12(4)21(19,20)14-9-13(16)6-5-11(14)3/h5-6,9-10,12H,7-8,16H2,1-4H3,(H,17,18). The lowest BCUT2D eigenvalue weighted by atomic mass is 10.1. The number of rotatable bonds is 6. The number of amides is 1. The van der Waals surface area contributed by atoms with Crippen LogP contribution in [0.5, 0.6) is 0 Å². The maximum Gasteiger partial charge on any atom is 0.238 e. The van der Waals surface area contributed by atoms with Crippen molar-refractivity contribution in [2.75, 3.05) is 12.3 Å². The van der Waals surface area contributed by atoms with Crippen molar-refractivity contribution >= 4 is 21.4 Å². The van der Waals surface area contributed by atoms with Gasteiger partial charge in [0.05, 0.1) is 4.90 Å². The molecular formula is C15H24N2O3S. The Morgan fingerprint density at radius 2 is 1.90 bits per heavy atom. The minimum absolute atomic E-state index is 0.119. The summed E-state index contributed by atoms with van der Waals surface area (Å²) in [7, 11) is -3.73. The van der Waals surface area contributed by atoms with Gasteiger partial charge in [0, 0.05) is 12.2 Å². The van der Waals surface area contributed by atoms with Crippen molar-refractivity contribution in [1.29, 1.82) is 0 Å². The lowest BCUT2D eigenvalue weighted by molar-refractivity contribution is -0.120. The second kappa shape index (κ2) is 6.93. The molecule has 0 bridgehead atoms. The molecule has 0 aromatic heterocycles. The zero-order chi connectivity index (χ0) is 16.2. The number of aryl methyl sites for hydroxylation is 1. The van der Waals surface area contributed by atoms with Gasteiger partial charge in [0.25, 0.3) is 0 Å². The van der Waals surface area contributed by atoms with Gasteiger partial charge in [0.1, 0.15) is 5.25 Å². The van der Waals surface area contributed by atoms with Gasteiger partial charge < -0.3 is 11.1 Å². The molecule has 1 aromatic carbocycles. The lowest BCUT2D eigenvalue weighted by Gasteiger charge is -2.15.